The van der Waals surface area contributed by atoms with Crippen molar-refractivity contribution in [3.05, 3.63) is 89.4 Å². The molecule has 1 N–H and O–H groups in total. The van der Waals surface area contributed by atoms with E-state index >= 15 is 0 Å². The number of anilines is 1. The van der Waals surface area contributed by atoms with Crippen molar-refractivity contribution in [2.75, 3.05) is 17.5 Å². The molecule has 0 heterocycles. The first-order valence-electron chi connectivity index (χ1n) is 14.3. The Balaban J connectivity index is 1.66. The van der Waals surface area contributed by atoms with Gasteiger partial charge >= 0.3 is 0 Å². The highest BCUT2D eigenvalue weighted by Crippen LogP contribution is 2.27. The molecular formula is C32H38ClN3O5S. The van der Waals surface area contributed by atoms with Crippen LogP contribution in [0.1, 0.15) is 51.5 Å². The van der Waals surface area contributed by atoms with E-state index in [1.54, 1.807) is 31.2 Å². The summed E-state index contributed by atoms with van der Waals surface area (Å²) in [5.41, 5.74) is 1.12. The zero-order valence-electron chi connectivity index (χ0n) is 24.0. The van der Waals surface area contributed by atoms with Crippen LogP contribution in [0.5, 0.6) is 5.75 Å². The highest BCUT2D eigenvalue weighted by Gasteiger charge is 2.33. The summed E-state index contributed by atoms with van der Waals surface area (Å²) >= 11 is 6.02. The predicted molar refractivity (Wildman–Crippen MR) is 165 cm³/mol. The molecule has 3 aromatic rings. The molecule has 3 aromatic carbocycles. The van der Waals surface area contributed by atoms with Gasteiger partial charge < -0.3 is 15.0 Å². The van der Waals surface area contributed by atoms with Crippen LogP contribution in [0, 0.1) is 0 Å². The van der Waals surface area contributed by atoms with Crippen molar-refractivity contribution in [3.8, 4) is 5.75 Å². The standard InChI is InChI=1S/C32H38ClN3O5S/c1-3-41-29-18-16-28(17-19-29)36(42(39,40)30-20-14-26(33)15-21-30)23-31(37)35(22-25-10-6-4-7-11-25)24(2)32(38)34-27-12-8-5-9-13-27/h4,6-7,10-11,14-21,24,27H,3,5,8-9,12-13,22-23H2,1-2H3,(H,34,38). The van der Waals surface area contributed by atoms with Crippen molar-refractivity contribution < 1.29 is 22.7 Å². The van der Waals surface area contributed by atoms with Crippen LogP contribution >= 0.6 is 11.6 Å². The fraction of sp³-hybridized carbons (Fsp3) is 0.375. The third-order valence-electron chi connectivity index (χ3n) is 7.43. The zero-order chi connectivity index (χ0) is 30.1. The van der Waals surface area contributed by atoms with Crippen LogP contribution in [0.3, 0.4) is 0 Å². The Hall–Kier alpha value is -3.56. The number of carbonyl (C=O) groups is 2. The second-order valence-electron chi connectivity index (χ2n) is 10.4. The van der Waals surface area contributed by atoms with E-state index in [-0.39, 0.29) is 23.4 Å². The van der Waals surface area contributed by atoms with Gasteiger partial charge in [-0.25, -0.2) is 8.42 Å². The summed E-state index contributed by atoms with van der Waals surface area (Å²) in [6.07, 6.45) is 5.10. The van der Waals surface area contributed by atoms with Gasteiger partial charge in [-0.2, -0.15) is 0 Å². The number of nitrogens with zero attached hydrogens (tertiary/aromatic N) is 2. The van der Waals surface area contributed by atoms with Crippen molar-refractivity contribution in [1.29, 1.82) is 0 Å². The average Bonchev–Trinajstić information content (AvgIpc) is 3.00. The van der Waals surface area contributed by atoms with Crippen molar-refractivity contribution in [3.63, 3.8) is 0 Å². The Bertz CT molecular complexity index is 1430. The van der Waals surface area contributed by atoms with Crippen molar-refractivity contribution in [1.82, 2.24) is 10.2 Å². The number of hydrogen-bond donors (Lipinski definition) is 1. The summed E-state index contributed by atoms with van der Waals surface area (Å²) in [6, 6.07) is 20.9. The van der Waals surface area contributed by atoms with E-state index in [1.807, 2.05) is 37.3 Å². The van der Waals surface area contributed by atoms with E-state index in [0.717, 1.165) is 42.0 Å². The first-order valence-corrected chi connectivity index (χ1v) is 16.2. The van der Waals surface area contributed by atoms with Gasteiger partial charge in [-0.1, -0.05) is 61.2 Å². The molecule has 1 saturated carbocycles. The zero-order valence-corrected chi connectivity index (χ0v) is 25.6. The van der Waals surface area contributed by atoms with E-state index < -0.39 is 28.5 Å². The number of amides is 2. The van der Waals surface area contributed by atoms with Gasteiger partial charge in [0.05, 0.1) is 17.2 Å². The smallest absolute Gasteiger partial charge is 0.264 e. The second-order valence-corrected chi connectivity index (χ2v) is 12.7. The first kappa shape index (κ1) is 31.4. The maximum Gasteiger partial charge on any atom is 0.264 e. The van der Waals surface area contributed by atoms with Crippen LogP contribution in [0.15, 0.2) is 83.8 Å². The van der Waals surface area contributed by atoms with Gasteiger partial charge in [0.15, 0.2) is 0 Å². The summed E-state index contributed by atoms with van der Waals surface area (Å²) in [5, 5.41) is 3.51. The molecule has 1 atom stereocenters. The number of carbonyl (C=O) groups excluding carboxylic acids is 2. The number of hydrogen-bond acceptors (Lipinski definition) is 5. The Morgan fingerprint density at radius 3 is 2.21 bits per heavy atom. The van der Waals surface area contributed by atoms with E-state index in [4.69, 9.17) is 16.3 Å². The lowest BCUT2D eigenvalue weighted by atomic mass is 9.95. The number of benzene rings is 3. The Kier molecular flexibility index (Phi) is 10.9. The Morgan fingerprint density at radius 1 is 0.952 bits per heavy atom. The van der Waals surface area contributed by atoms with Crippen LogP contribution in [-0.4, -0.2) is 50.4 Å². The maximum absolute atomic E-state index is 14.1. The number of halogens is 1. The molecule has 4 rings (SSSR count). The molecule has 0 aromatic heterocycles. The third kappa shape index (κ3) is 8.04. The summed E-state index contributed by atoms with van der Waals surface area (Å²) < 4.78 is 34.5. The van der Waals surface area contributed by atoms with Crippen LogP contribution < -0.4 is 14.4 Å². The largest absolute Gasteiger partial charge is 0.494 e. The fourth-order valence-electron chi connectivity index (χ4n) is 5.07. The third-order valence-corrected chi connectivity index (χ3v) is 9.47. The lowest BCUT2D eigenvalue weighted by Gasteiger charge is -2.33. The fourth-order valence-corrected chi connectivity index (χ4v) is 6.61. The molecule has 8 nitrogen and oxygen atoms in total. The minimum absolute atomic E-state index is 0.00807. The molecule has 1 aliphatic rings. The molecule has 0 aliphatic heterocycles. The van der Waals surface area contributed by atoms with Crippen LogP contribution in [0.25, 0.3) is 0 Å². The normalized spacial score (nSPS) is 14.5. The molecule has 1 aliphatic carbocycles. The SMILES string of the molecule is CCOc1ccc(N(CC(=O)N(Cc2ccccc2)C(C)C(=O)NC2CCCCC2)S(=O)(=O)c2ccc(Cl)cc2)cc1. The van der Waals surface area contributed by atoms with Gasteiger partial charge in [-0.15, -0.1) is 0 Å². The number of ether oxygens (including phenoxy) is 1. The lowest BCUT2D eigenvalue weighted by Crippen LogP contribution is -2.53. The van der Waals surface area contributed by atoms with E-state index in [2.05, 4.69) is 5.32 Å². The Labute approximate surface area is 253 Å². The van der Waals surface area contributed by atoms with Crippen LogP contribution in [-0.2, 0) is 26.2 Å². The first-order chi connectivity index (χ1) is 20.2. The van der Waals surface area contributed by atoms with Gasteiger partial charge in [0.25, 0.3) is 10.0 Å². The molecule has 0 spiro atoms. The molecule has 0 saturated heterocycles. The van der Waals surface area contributed by atoms with Gasteiger partial charge in [-0.3, -0.25) is 13.9 Å². The van der Waals surface area contributed by atoms with Crippen LogP contribution in [0.2, 0.25) is 5.02 Å². The average molecular weight is 612 g/mol. The molecular weight excluding hydrogens is 574 g/mol. The molecule has 10 heteroatoms. The lowest BCUT2D eigenvalue weighted by molar-refractivity contribution is -0.139. The predicted octanol–water partition coefficient (Wildman–Crippen LogP) is 5.80. The van der Waals surface area contributed by atoms with Gasteiger partial charge in [0.1, 0.15) is 18.3 Å². The van der Waals surface area contributed by atoms with Crippen LogP contribution in [0.4, 0.5) is 5.69 Å². The molecule has 1 unspecified atom stereocenters. The second kappa shape index (κ2) is 14.6. The number of nitrogens with one attached hydrogen (secondary N) is 1. The minimum Gasteiger partial charge on any atom is -0.494 e. The highest BCUT2D eigenvalue weighted by molar-refractivity contribution is 7.92. The molecule has 0 bridgehead atoms. The summed E-state index contributed by atoms with van der Waals surface area (Å²) in [6.45, 7) is 3.65. The van der Waals surface area contributed by atoms with Crippen molar-refractivity contribution in [2.24, 2.45) is 0 Å². The highest BCUT2D eigenvalue weighted by atomic mass is 35.5. The maximum atomic E-state index is 14.1. The van der Waals surface area contributed by atoms with Gasteiger partial charge in [0, 0.05) is 17.6 Å². The van der Waals surface area contributed by atoms with E-state index in [1.165, 1.54) is 29.2 Å². The van der Waals surface area contributed by atoms with Crippen molar-refractivity contribution in [2.45, 2.75) is 69.5 Å². The molecule has 0 radical (unpaired) electrons. The summed E-state index contributed by atoms with van der Waals surface area (Å²) in [5.74, 6) is -0.175. The monoisotopic (exact) mass is 611 g/mol. The van der Waals surface area contributed by atoms with Gasteiger partial charge in [-0.05, 0) is 80.8 Å². The molecule has 42 heavy (non-hydrogen) atoms. The van der Waals surface area contributed by atoms with E-state index in [9.17, 15) is 18.0 Å². The number of rotatable bonds is 12. The topological polar surface area (TPSA) is 96.0 Å². The molecule has 1 fully saturated rings. The summed E-state index contributed by atoms with van der Waals surface area (Å²) in [7, 11) is -4.18. The molecule has 2 amide bonds. The quantitative estimate of drug-likeness (QED) is 0.279. The van der Waals surface area contributed by atoms with Gasteiger partial charge in [0.2, 0.25) is 11.8 Å². The number of sulfonamides is 1. The minimum atomic E-state index is -4.18. The molecule has 224 valence electrons. The van der Waals surface area contributed by atoms with E-state index in [0.29, 0.717) is 23.1 Å². The Morgan fingerprint density at radius 2 is 1.60 bits per heavy atom. The summed E-state index contributed by atoms with van der Waals surface area (Å²) in [4.78, 5) is 28.9. The van der Waals surface area contributed by atoms with Crippen molar-refractivity contribution >= 4 is 39.1 Å².